The van der Waals surface area contributed by atoms with Crippen LogP contribution in [0, 0.1) is 0 Å². The quantitative estimate of drug-likeness (QED) is 0.274. The zero-order valence-electron chi connectivity index (χ0n) is 23.9. The lowest BCUT2D eigenvalue weighted by molar-refractivity contribution is -0.128. The van der Waals surface area contributed by atoms with Crippen LogP contribution in [0.25, 0.3) is 0 Å². The summed E-state index contributed by atoms with van der Waals surface area (Å²) in [4.78, 5) is 26.0. The summed E-state index contributed by atoms with van der Waals surface area (Å²) in [6.07, 6.45) is -0.472. The molecule has 0 unspecified atom stereocenters. The Morgan fingerprint density at radius 2 is 1.24 bits per heavy atom. The number of ether oxygens (including phenoxy) is 3. The van der Waals surface area contributed by atoms with E-state index in [0.29, 0.717) is 54.1 Å². The molecule has 1 heterocycles. The lowest BCUT2D eigenvalue weighted by atomic mass is 10.0. The zero-order chi connectivity index (χ0) is 29.4. The number of rotatable bonds is 13. The fraction of sp³-hybridized carbons (Fsp3) is 0.394. The summed E-state index contributed by atoms with van der Waals surface area (Å²) in [5.41, 5.74) is 2.02. The minimum Gasteiger partial charge on any atom is -0.508 e. The maximum Gasteiger partial charge on any atom is 0.162 e. The van der Waals surface area contributed by atoms with Gasteiger partial charge in [0.1, 0.15) is 42.7 Å². The lowest BCUT2D eigenvalue weighted by Gasteiger charge is -2.42. The van der Waals surface area contributed by atoms with Gasteiger partial charge in [-0.1, -0.05) is 26.0 Å². The second kappa shape index (κ2) is 14.3. The molecule has 0 radical (unpaired) electrons. The Labute approximate surface area is 241 Å². The van der Waals surface area contributed by atoms with Gasteiger partial charge in [0.15, 0.2) is 11.6 Å². The van der Waals surface area contributed by atoms with Gasteiger partial charge < -0.3 is 24.4 Å². The molecule has 41 heavy (non-hydrogen) atoms. The third-order valence-corrected chi connectivity index (χ3v) is 7.40. The normalized spacial score (nSPS) is 18.8. The number of phenols is 1. The molecule has 0 bridgehead atoms. The molecule has 2 N–H and O–H groups in total. The van der Waals surface area contributed by atoms with Crippen molar-refractivity contribution in [2.24, 2.45) is 0 Å². The number of Topliss-reactive ketones (excluding diaryl/α,β-unsaturated/α-hetero) is 2. The first kappa shape index (κ1) is 30.2. The van der Waals surface area contributed by atoms with E-state index < -0.39 is 6.10 Å². The topological polar surface area (TPSA) is 106 Å². The molecule has 3 aromatic carbocycles. The van der Waals surface area contributed by atoms with E-state index >= 15 is 0 Å². The molecule has 218 valence electrons. The fourth-order valence-electron chi connectivity index (χ4n) is 4.88. The van der Waals surface area contributed by atoms with Crippen molar-refractivity contribution in [3.05, 3.63) is 89.5 Å². The van der Waals surface area contributed by atoms with Crippen molar-refractivity contribution in [3.63, 3.8) is 0 Å². The summed E-state index contributed by atoms with van der Waals surface area (Å²) in [5, 5.41) is 20.8. The van der Waals surface area contributed by atoms with Crippen molar-refractivity contribution >= 4 is 11.6 Å². The highest BCUT2D eigenvalue weighted by Crippen LogP contribution is 2.26. The Bertz CT molecular complexity index is 1200. The van der Waals surface area contributed by atoms with E-state index in [1.54, 1.807) is 72.8 Å². The first-order valence-electron chi connectivity index (χ1n) is 14.2. The van der Waals surface area contributed by atoms with E-state index in [2.05, 4.69) is 4.90 Å². The summed E-state index contributed by atoms with van der Waals surface area (Å²) >= 11 is 0. The molecular weight excluding hydrogens is 522 g/mol. The number of ketones is 2. The highest BCUT2D eigenvalue weighted by molar-refractivity contribution is 5.96. The highest BCUT2D eigenvalue weighted by Gasteiger charge is 2.34. The van der Waals surface area contributed by atoms with Gasteiger partial charge in [-0.2, -0.15) is 0 Å². The molecule has 3 aromatic rings. The summed E-state index contributed by atoms with van der Waals surface area (Å²) in [7, 11) is 0. The summed E-state index contributed by atoms with van der Waals surface area (Å²) in [5.74, 6) is 1.60. The van der Waals surface area contributed by atoms with Crippen molar-refractivity contribution in [1.29, 1.82) is 0 Å². The maximum atomic E-state index is 11.9. The monoisotopic (exact) mass is 561 g/mol. The number of morpholine rings is 1. The number of carbonyl (C=O) groups is 2. The molecule has 0 spiro atoms. The minimum absolute atomic E-state index is 0.0819. The van der Waals surface area contributed by atoms with Crippen molar-refractivity contribution in [3.8, 4) is 17.2 Å². The van der Waals surface area contributed by atoms with Crippen LogP contribution in [-0.4, -0.2) is 71.2 Å². The lowest BCUT2D eigenvalue weighted by Crippen LogP contribution is -2.55. The second-order valence-corrected chi connectivity index (χ2v) is 10.3. The first-order valence-corrected chi connectivity index (χ1v) is 14.2. The number of aliphatic hydroxyl groups is 1. The van der Waals surface area contributed by atoms with Crippen molar-refractivity contribution in [1.82, 2.24) is 4.90 Å². The number of aromatic hydroxyl groups is 1. The van der Waals surface area contributed by atoms with Crippen LogP contribution < -0.4 is 9.47 Å². The van der Waals surface area contributed by atoms with E-state index in [1.165, 1.54) is 0 Å². The van der Waals surface area contributed by atoms with E-state index in [-0.39, 0.29) is 48.8 Å². The van der Waals surface area contributed by atoms with Gasteiger partial charge in [0, 0.05) is 43.1 Å². The molecule has 0 aromatic heterocycles. The second-order valence-electron chi connectivity index (χ2n) is 10.3. The largest absolute Gasteiger partial charge is 0.508 e. The molecule has 1 saturated heterocycles. The molecule has 0 amide bonds. The first-order chi connectivity index (χ1) is 19.8. The third-order valence-electron chi connectivity index (χ3n) is 7.40. The summed E-state index contributed by atoms with van der Waals surface area (Å²) in [6, 6.07) is 20.5. The molecular formula is C33H39NO7. The van der Waals surface area contributed by atoms with E-state index in [4.69, 9.17) is 14.2 Å². The molecule has 0 aliphatic carbocycles. The van der Waals surface area contributed by atoms with Crippen LogP contribution in [0.2, 0.25) is 0 Å². The fourth-order valence-corrected chi connectivity index (χ4v) is 4.88. The minimum atomic E-state index is -0.774. The maximum absolute atomic E-state index is 11.9. The van der Waals surface area contributed by atoms with Crippen LogP contribution in [0.15, 0.2) is 72.8 Å². The van der Waals surface area contributed by atoms with Gasteiger partial charge in [-0.3, -0.25) is 14.5 Å². The molecule has 1 aliphatic rings. The summed E-state index contributed by atoms with van der Waals surface area (Å²) < 4.78 is 18.4. The van der Waals surface area contributed by atoms with Crippen LogP contribution in [0.1, 0.15) is 66.0 Å². The Kier molecular flexibility index (Phi) is 10.5. The van der Waals surface area contributed by atoms with Crippen molar-refractivity contribution in [2.45, 2.75) is 58.0 Å². The molecule has 4 rings (SSSR count). The summed E-state index contributed by atoms with van der Waals surface area (Å²) in [6.45, 7) is 7.27. The van der Waals surface area contributed by atoms with Gasteiger partial charge in [-0.25, -0.2) is 0 Å². The zero-order valence-corrected chi connectivity index (χ0v) is 23.9. The standard InChI is InChI=1S/C33H39NO7/c1-4-31(36)23-8-14-27(15-9-23)39-20-29-18-34(22(3)33(38)25-6-12-26(35)13-7-25)19-30(41-29)21-40-28-16-10-24(11-17-28)32(37)5-2/h6-17,22,29-30,33,35,38H,4-5,18-21H2,1-3H3/t22-,29-,30-,33-/m0/s1. The number of aliphatic hydroxyl groups excluding tert-OH is 1. The highest BCUT2D eigenvalue weighted by atomic mass is 16.6. The predicted molar refractivity (Wildman–Crippen MR) is 156 cm³/mol. The van der Waals surface area contributed by atoms with Gasteiger partial charge >= 0.3 is 0 Å². The van der Waals surface area contributed by atoms with Gasteiger partial charge in [-0.05, 0) is 73.2 Å². The Morgan fingerprint density at radius 3 is 1.66 bits per heavy atom. The molecule has 8 heteroatoms. The van der Waals surface area contributed by atoms with E-state index in [9.17, 15) is 19.8 Å². The SMILES string of the molecule is CCC(=O)c1ccc(OC[C@@H]2CN([C@@H](C)[C@H](O)c3ccc(O)cc3)C[C@@H](COc3ccc(C(=O)CC)cc3)O2)cc1. The van der Waals surface area contributed by atoms with E-state index in [0.717, 1.165) is 0 Å². The Morgan fingerprint density at radius 1 is 0.805 bits per heavy atom. The number of nitrogens with zero attached hydrogens (tertiary/aromatic N) is 1. The van der Waals surface area contributed by atoms with Crippen molar-refractivity contribution in [2.75, 3.05) is 26.3 Å². The number of benzene rings is 3. The molecule has 8 nitrogen and oxygen atoms in total. The van der Waals surface area contributed by atoms with Gasteiger partial charge in [0.25, 0.3) is 0 Å². The third kappa shape index (κ3) is 8.16. The van der Waals surface area contributed by atoms with Crippen LogP contribution in [0.4, 0.5) is 0 Å². The smallest absolute Gasteiger partial charge is 0.162 e. The number of hydrogen-bond donors (Lipinski definition) is 2. The average molecular weight is 562 g/mol. The Hall–Kier alpha value is -3.72. The molecule has 4 atom stereocenters. The number of hydrogen-bond acceptors (Lipinski definition) is 8. The van der Waals surface area contributed by atoms with Gasteiger partial charge in [-0.15, -0.1) is 0 Å². The van der Waals surface area contributed by atoms with Crippen LogP contribution in [0.5, 0.6) is 17.2 Å². The van der Waals surface area contributed by atoms with E-state index in [1.807, 2.05) is 20.8 Å². The van der Waals surface area contributed by atoms with Crippen LogP contribution in [-0.2, 0) is 4.74 Å². The average Bonchev–Trinajstić information content (AvgIpc) is 3.02. The molecule has 0 saturated carbocycles. The number of carbonyl (C=O) groups excluding carboxylic acids is 2. The van der Waals surface area contributed by atoms with Gasteiger partial charge in [0.05, 0.1) is 6.10 Å². The van der Waals surface area contributed by atoms with Crippen LogP contribution >= 0.6 is 0 Å². The molecule has 1 aliphatic heterocycles. The van der Waals surface area contributed by atoms with Crippen LogP contribution in [0.3, 0.4) is 0 Å². The predicted octanol–water partition coefficient (Wildman–Crippen LogP) is 5.23. The molecule has 1 fully saturated rings. The Balaban J connectivity index is 1.43. The van der Waals surface area contributed by atoms with Gasteiger partial charge in [0.2, 0.25) is 0 Å². The number of phenolic OH excluding ortho intramolecular Hbond substituents is 1. The van der Waals surface area contributed by atoms with Crippen molar-refractivity contribution < 1.29 is 34.0 Å².